The van der Waals surface area contributed by atoms with Gasteiger partial charge in [0.1, 0.15) is 0 Å². The number of methoxy groups -OCH3 is 1. The Morgan fingerprint density at radius 1 is 1.42 bits per heavy atom. The molecule has 2 nitrogen and oxygen atoms in total. The van der Waals surface area contributed by atoms with E-state index in [1.165, 1.54) is 20.0 Å². The third kappa shape index (κ3) is 0.686. The molecular formula is C10H14O2. The lowest BCUT2D eigenvalue weighted by molar-refractivity contribution is -0.142. The summed E-state index contributed by atoms with van der Waals surface area (Å²) < 4.78 is 4.71. The summed E-state index contributed by atoms with van der Waals surface area (Å²) in [6.45, 7) is 0. The first-order chi connectivity index (χ1) is 5.81. The highest BCUT2D eigenvalue weighted by atomic mass is 16.5. The molecule has 0 N–H and O–H groups in total. The molecule has 4 saturated carbocycles. The zero-order valence-electron chi connectivity index (χ0n) is 7.32. The van der Waals surface area contributed by atoms with Crippen LogP contribution in [0.3, 0.4) is 0 Å². The largest absolute Gasteiger partial charge is 0.469 e. The van der Waals surface area contributed by atoms with Gasteiger partial charge >= 0.3 is 5.97 Å². The summed E-state index contributed by atoms with van der Waals surface area (Å²) in [7, 11) is 1.49. The Kier molecular flexibility index (Phi) is 1.18. The van der Waals surface area contributed by atoms with Crippen molar-refractivity contribution >= 4 is 5.97 Å². The minimum absolute atomic E-state index is 0.00167. The SMILES string of the molecule is COC(=O)C[C@H]1C2C[C@@H]3C1[C@@H]3C2. The Morgan fingerprint density at radius 2 is 2.08 bits per heavy atom. The molecule has 0 aromatic rings. The first-order valence-corrected chi connectivity index (χ1v) is 4.88. The van der Waals surface area contributed by atoms with Crippen molar-refractivity contribution in [1.29, 1.82) is 0 Å². The lowest BCUT2D eigenvalue weighted by atomic mass is 9.95. The smallest absolute Gasteiger partial charge is 0.305 e. The summed E-state index contributed by atoms with van der Waals surface area (Å²) in [4.78, 5) is 11.1. The number of ether oxygens (including phenoxy) is 1. The zero-order chi connectivity index (χ0) is 8.29. The summed E-state index contributed by atoms with van der Waals surface area (Å²) in [5, 5.41) is 0. The molecule has 2 heteroatoms. The van der Waals surface area contributed by atoms with Crippen LogP contribution < -0.4 is 0 Å². The third-order valence-electron chi connectivity index (χ3n) is 4.28. The lowest BCUT2D eigenvalue weighted by Crippen LogP contribution is -2.12. The van der Waals surface area contributed by atoms with Crippen LogP contribution in [0.15, 0.2) is 0 Å². The summed E-state index contributed by atoms with van der Waals surface area (Å²) in [6, 6.07) is 0. The van der Waals surface area contributed by atoms with Crippen LogP contribution in [0.1, 0.15) is 19.3 Å². The van der Waals surface area contributed by atoms with Gasteiger partial charge in [-0.1, -0.05) is 0 Å². The van der Waals surface area contributed by atoms with Crippen molar-refractivity contribution in [1.82, 2.24) is 0 Å². The molecule has 0 spiro atoms. The summed E-state index contributed by atoms with van der Waals surface area (Å²) in [5.41, 5.74) is 0. The maximum atomic E-state index is 11.1. The van der Waals surface area contributed by atoms with Crippen LogP contribution in [-0.4, -0.2) is 13.1 Å². The first-order valence-electron chi connectivity index (χ1n) is 4.88. The molecule has 4 aliphatic carbocycles. The minimum atomic E-state index is -0.00167. The molecule has 0 aromatic heterocycles. The maximum Gasteiger partial charge on any atom is 0.305 e. The highest BCUT2D eigenvalue weighted by Crippen LogP contribution is 2.73. The molecule has 0 radical (unpaired) electrons. The Labute approximate surface area is 72.3 Å². The zero-order valence-corrected chi connectivity index (χ0v) is 7.32. The van der Waals surface area contributed by atoms with Crippen molar-refractivity contribution in [2.45, 2.75) is 19.3 Å². The molecule has 5 atom stereocenters. The second-order valence-electron chi connectivity index (χ2n) is 4.58. The molecule has 12 heavy (non-hydrogen) atoms. The topological polar surface area (TPSA) is 26.3 Å². The van der Waals surface area contributed by atoms with Crippen molar-refractivity contribution in [2.24, 2.45) is 29.6 Å². The van der Waals surface area contributed by atoms with E-state index in [2.05, 4.69) is 0 Å². The van der Waals surface area contributed by atoms with Crippen molar-refractivity contribution in [3.05, 3.63) is 0 Å². The number of esters is 1. The van der Waals surface area contributed by atoms with E-state index in [4.69, 9.17) is 4.74 Å². The molecular weight excluding hydrogens is 152 g/mol. The van der Waals surface area contributed by atoms with Gasteiger partial charge in [0.2, 0.25) is 0 Å². The van der Waals surface area contributed by atoms with Gasteiger partial charge in [-0.25, -0.2) is 0 Å². The number of carbonyl (C=O) groups is 1. The molecule has 4 aliphatic rings. The average Bonchev–Trinajstić information content (AvgIpc) is 2.52. The number of rotatable bonds is 2. The quantitative estimate of drug-likeness (QED) is 0.580. The molecule has 0 amide bonds. The number of hydrogen-bond donors (Lipinski definition) is 0. The van der Waals surface area contributed by atoms with Crippen molar-refractivity contribution in [3.63, 3.8) is 0 Å². The Balaban J connectivity index is 1.69. The number of hydrogen-bond acceptors (Lipinski definition) is 2. The lowest BCUT2D eigenvalue weighted by Gasteiger charge is -2.12. The molecule has 0 aromatic carbocycles. The van der Waals surface area contributed by atoms with Gasteiger partial charge in [-0.15, -0.1) is 0 Å². The van der Waals surface area contributed by atoms with E-state index in [0.717, 1.165) is 23.7 Å². The van der Waals surface area contributed by atoms with Crippen LogP contribution >= 0.6 is 0 Å². The summed E-state index contributed by atoms with van der Waals surface area (Å²) >= 11 is 0. The van der Waals surface area contributed by atoms with Gasteiger partial charge < -0.3 is 4.74 Å². The minimum Gasteiger partial charge on any atom is -0.469 e. The van der Waals surface area contributed by atoms with Crippen LogP contribution in [0.25, 0.3) is 0 Å². The second-order valence-corrected chi connectivity index (χ2v) is 4.58. The van der Waals surface area contributed by atoms with Gasteiger partial charge in [-0.3, -0.25) is 4.79 Å². The third-order valence-corrected chi connectivity index (χ3v) is 4.28. The van der Waals surface area contributed by atoms with Crippen molar-refractivity contribution in [3.8, 4) is 0 Å². The first kappa shape index (κ1) is 6.93. The van der Waals surface area contributed by atoms with Crippen LogP contribution in [0, 0.1) is 29.6 Å². The van der Waals surface area contributed by atoms with Gasteiger partial charge in [0.05, 0.1) is 7.11 Å². The van der Waals surface area contributed by atoms with E-state index < -0.39 is 0 Å². The molecule has 0 heterocycles. The molecule has 4 fully saturated rings. The molecule has 0 saturated heterocycles. The van der Waals surface area contributed by atoms with E-state index >= 15 is 0 Å². The van der Waals surface area contributed by atoms with E-state index in [-0.39, 0.29) is 5.97 Å². The normalized spacial score (nSPS) is 52.6. The fourth-order valence-electron chi connectivity index (χ4n) is 3.81. The van der Waals surface area contributed by atoms with E-state index in [1.807, 2.05) is 0 Å². The Morgan fingerprint density at radius 3 is 2.50 bits per heavy atom. The highest BCUT2D eigenvalue weighted by Gasteiger charge is 2.68. The van der Waals surface area contributed by atoms with Crippen molar-refractivity contribution < 1.29 is 9.53 Å². The van der Waals surface area contributed by atoms with Crippen LogP contribution in [0.5, 0.6) is 0 Å². The molecule has 2 unspecified atom stereocenters. The highest BCUT2D eigenvalue weighted by molar-refractivity contribution is 5.69. The Bertz CT molecular complexity index is 222. The molecule has 0 aliphatic heterocycles. The number of carbonyl (C=O) groups excluding carboxylic acids is 1. The van der Waals surface area contributed by atoms with Gasteiger partial charge in [0.25, 0.3) is 0 Å². The van der Waals surface area contributed by atoms with Crippen LogP contribution in [-0.2, 0) is 9.53 Å². The predicted molar refractivity (Wildman–Crippen MR) is 43.3 cm³/mol. The Hall–Kier alpha value is -0.530. The monoisotopic (exact) mass is 166 g/mol. The summed E-state index contributed by atoms with van der Waals surface area (Å²) in [6.07, 6.45) is 3.52. The van der Waals surface area contributed by atoms with Crippen LogP contribution in [0.4, 0.5) is 0 Å². The summed E-state index contributed by atoms with van der Waals surface area (Å²) in [5.74, 6) is 4.54. The average molecular weight is 166 g/mol. The van der Waals surface area contributed by atoms with Gasteiger partial charge in [0, 0.05) is 6.42 Å². The standard InChI is InChI=1S/C10H14O2/c1-12-9(11)4-6-5-2-7-8(3-5)10(6)7/h5-8,10H,2-4H2,1H3/t5?,6-,7-,8+,10?/m0/s1. The van der Waals surface area contributed by atoms with Crippen molar-refractivity contribution in [2.75, 3.05) is 7.11 Å². The van der Waals surface area contributed by atoms with Gasteiger partial charge in [-0.05, 0) is 42.4 Å². The van der Waals surface area contributed by atoms with E-state index in [9.17, 15) is 4.79 Å². The second kappa shape index (κ2) is 2.04. The van der Waals surface area contributed by atoms with Crippen LogP contribution in [0.2, 0.25) is 0 Å². The molecule has 4 bridgehead atoms. The maximum absolute atomic E-state index is 11.1. The van der Waals surface area contributed by atoms with E-state index in [0.29, 0.717) is 12.3 Å². The van der Waals surface area contributed by atoms with Gasteiger partial charge in [-0.2, -0.15) is 0 Å². The fraction of sp³-hybridized carbons (Fsp3) is 0.900. The molecule has 66 valence electrons. The van der Waals surface area contributed by atoms with E-state index in [1.54, 1.807) is 0 Å². The predicted octanol–water partition coefficient (Wildman–Crippen LogP) is 1.45. The van der Waals surface area contributed by atoms with Gasteiger partial charge in [0.15, 0.2) is 0 Å². The molecule has 4 rings (SSSR count). The fourth-order valence-corrected chi connectivity index (χ4v) is 3.81.